The molecule has 27 heavy (non-hydrogen) atoms. The van der Waals surface area contributed by atoms with Crippen LogP contribution in [0.2, 0.25) is 0 Å². The summed E-state index contributed by atoms with van der Waals surface area (Å²) in [4.78, 5) is 33.9. The minimum Gasteiger partial charge on any atom is -0.489 e. The van der Waals surface area contributed by atoms with Crippen molar-refractivity contribution in [3.05, 3.63) is 65.2 Å². The van der Waals surface area contributed by atoms with E-state index in [1.165, 1.54) is 20.1 Å². The number of carbonyl (C=O) groups is 3. The number of methoxy groups -OCH3 is 1. The van der Waals surface area contributed by atoms with Gasteiger partial charge in [-0.05, 0) is 48.0 Å². The Labute approximate surface area is 156 Å². The normalized spacial score (nSPS) is 10.8. The highest BCUT2D eigenvalue weighted by molar-refractivity contribution is 5.93. The molecule has 0 aliphatic heterocycles. The first-order valence-electron chi connectivity index (χ1n) is 8.01. The van der Waals surface area contributed by atoms with Crippen LogP contribution in [-0.2, 0) is 14.3 Å². The Balaban J connectivity index is 2.06. The Bertz CT molecular complexity index is 853. The second-order valence-corrected chi connectivity index (χ2v) is 5.58. The zero-order valence-electron chi connectivity index (χ0n) is 14.9. The number of carboxylic acid groups (broad SMARTS) is 1. The van der Waals surface area contributed by atoms with Crippen LogP contribution in [0.3, 0.4) is 0 Å². The van der Waals surface area contributed by atoms with Crippen molar-refractivity contribution in [2.45, 2.75) is 6.92 Å². The van der Waals surface area contributed by atoms with Crippen LogP contribution in [0, 0.1) is 0 Å². The molecule has 2 rings (SSSR count). The third-order valence-electron chi connectivity index (χ3n) is 3.52. The number of carbonyl (C=O) groups excluding carboxylic acids is 2. The fourth-order valence-electron chi connectivity index (χ4n) is 2.20. The molecule has 2 aromatic carbocycles. The van der Waals surface area contributed by atoms with Crippen molar-refractivity contribution < 1.29 is 29.0 Å². The van der Waals surface area contributed by atoms with E-state index in [0.29, 0.717) is 22.6 Å². The molecule has 0 heterocycles. The van der Waals surface area contributed by atoms with Crippen LogP contribution in [0.5, 0.6) is 5.75 Å². The molecule has 0 fully saturated rings. The van der Waals surface area contributed by atoms with E-state index >= 15 is 0 Å². The fourth-order valence-corrected chi connectivity index (χ4v) is 2.20. The van der Waals surface area contributed by atoms with Crippen molar-refractivity contribution in [3.63, 3.8) is 0 Å². The lowest BCUT2D eigenvalue weighted by molar-refractivity contribution is -0.132. The monoisotopic (exact) mass is 369 g/mol. The molecule has 140 valence electrons. The van der Waals surface area contributed by atoms with Gasteiger partial charge in [-0.15, -0.1) is 0 Å². The number of amides is 1. The summed E-state index contributed by atoms with van der Waals surface area (Å²) in [7, 11) is 1.29. The van der Waals surface area contributed by atoms with Gasteiger partial charge in [-0.25, -0.2) is 9.59 Å². The number of ether oxygens (including phenoxy) is 2. The number of hydrogen-bond donors (Lipinski definition) is 2. The summed E-state index contributed by atoms with van der Waals surface area (Å²) in [6, 6.07) is 12.9. The number of benzene rings is 2. The van der Waals surface area contributed by atoms with Gasteiger partial charge in [0.15, 0.2) is 0 Å². The average Bonchev–Trinajstić information content (AvgIpc) is 2.65. The van der Waals surface area contributed by atoms with E-state index in [0.717, 1.165) is 0 Å². The number of nitrogens with one attached hydrogen (secondary N) is 1. The summed E-state index contributed by atoms with van der Waals surface area (Å²) >= 11 is 0. The minimum absolute atomic E-state index is 0.0479. The highest BCUT2D eigenvalue weighted by atomic mass is 16.5. The third kappa shape index (κ3) is 6.00. The Morgan fingerprint density at radius 1 is 1.04 bits per heavy atom. The van der Waals surface area contributed by atoms with Crippen LogP contribution in [-0.4, -0.2) is 36.7 Å². The SMILES string of the molecule is COC(=O)c1ccc(C=C(COc2ccc(NC(C)=O)cc2)C(=O)O)cc1. The highest BCUT2D eigenvalue weighted by Gasteiger charge is 2.10. The van der Waals surface area contributed by atoms with Crippen molar-refractivity contribution in [1.82, 2.24) is 0 Å². The standard InChI is InChI=1S/C20H19NO6/c1-13(22)21-17-7-9-18(10-8-17)27-12-16(19(23)24)11-14-3-5-15(6-4-14)20(25)26-2/h3-11H,12H2,1-2H3,(H,21,22)(H,23,24). The molecule has 0 aliphatic carbocycles. The van der Waals surface area contributed by atoms with Gasteiger partial charge >= 0.3 is 11.9 Å². The van der Waals surface area contributed by atoms with Crippen molar-refractivity contribution in [1.29, 1.82) is 0 Å². The molecule has 0 saturated heterocycles. The number of anilines is 1. The van der Waals surface area contributed by atoms with Gasteiger partial charge in [0.1, 0.15) is 12.4 Å². The van der Waals surface area contributed by atoms with Gasteiger partial charge in [-0.2, -0.15) is 0 Å². The summed E-state index contributed by atoms with van der Waals surface area (Å²) in [6.45, 7) is 1.26. The van der Waals surface area contributed by atoms with Gasteiger partial charge in [-0.1, -0.05) is 12.1 Å². The van der Waals surface area contributed by atoms with Crippen molar-refractivity contribution in [3.8, 4) is 5.75 Å². The van der Waals surface area contributed by atoms with Gasteiger partial charge in [0.05, 0.1) is 18.2 Å². The predicted octanol–water partition coefficient (Wildman–Crippen LogP) is 2.98. The van der Waals surface area contributed by atoms with Gasteiger partial charge in [-0.3, -0.25) is 4.79 Å². The molecule has 0 unspecified atom stereocenters. The van der Waals surface area contributed by atoms with E-state index in [1.807, 2.05) is 0 Å². The van der Waals surface area contributed by atoms with Crippen LogP contribution in [0.25, 0.3) is 6.08 Å². The maximum atomic E-state index is 11.5. The summed E-state index contributed by atoms with van der Waals surface area (Å²) in [5.74, 6) is -1.28. The minimum atomic E-state index is -1.11. The molecule has 2 aromatic rings. The van der Waals surface area contributed by atoms with Crippen molar-refractivity contribution >= 4 is 29.6 Å². The van der Waals surface area contributed by atoms with Gasteiger partial charge in [0, 0.05) is 12.6 Å². The molecule has 0 bridgehead atoms. The summed E-state index contributed by atoms with van der Waals surface area (Å²) in [5.41, 5.74) is 1.66. The van der Waals surface area contributed by atoms with E-state index in [2.05, 4.69) is 10.1 Å². The predicted molar refractivity (Wildman–Crippen MR) is 99.6 cm³/mol. The largest absolute Gasteiger partial charge is 0.489 e. The van der Waals surface area contributed by atoms with Crippen molar-refractivity contribution in [2.24, 2.45) is 0 Å². The van der Waals surface area contributed by atoms with Gasteiger partial charge < -0.3 is 19.9 Å². The second-order valence-electron chi connectivity index (χ2n) is 5.58. The molecule has 7 heteroatoms. The lowest BCUT2D eigenvalue weighted by Gasteiger charge is -2.08. The summed E-state index contributed by atoms with van der Waals surface area (Å²) in [6.07, 6.45) is 1.47. The van der Waals surface area contributed by atoms with E-state index in [1.54, 1.807) is 48.5 Å². The van der Waals surface area contributed by atoms with Crippen LogP contribution in [0.15, 0.2) is 54.1 Å². The molecule has 0 spiro atoms. The van der Waals surface area contributed by atoms with Gasteiger partial charge in [0.25, 0.3) is 0 Å². The lowest BCUT2D eigenvalue weighted by atomic mass is 10.1. The maximum absolute atomic E-state index is 11.5. The number of rotatable bonds is 7. The molecule has 1 amide bonds. The zero-order valence-corrected chi connectivity index (χ0v) is 14.9. The van der Waals surface area contributed by atoms with Crippen LogP contribution < -0.4 is 10.1 Å². The number of hydrogen-bond acceptors (Lipinski definition) is 5. The Morgan fingerprint density at radius 3 is 2.19 bits per heavy atom. The molecule has 0 radical (unpaired) electrons. The van der Waals surface area contributed by atoms with Crippen LogP contribution in [0.1, 0.15) is 22.8 Å². The quantitative estimate of drug-likeness (QED) is 0.575. The Hall–Kier alpha value is -3.61. The third-order valence-corrected chi connectivity index (χ3v) is 3.52. The fraction of sp³-hybridized carbons (Fsp3) is 0.150. The number of aliphatic carboxylic acids is 1. The van der Waals surface area contributed by atoms with E-state index in [-0.39, 0.29) is 18.1 Å². The van der Waals surface area contributed by atoms with Gasteiger partial charge in [0.2, 0.25) is 5.91 Å². The van der Waals surface area contributed by atoms with E-state index in [9.17, 15) is 19.5 Å². The lowest BCUT2D eigenvalue weighted by Crippen LogP contribution is -2.10. The smallest absolute Gasteiger partial charge is 0.337 e. The first-order chi connectivity index (χ1) is 12.9. The van der Waals surface area contributed by atoms with E-state index < -0.39 is 11.9 Å². The Kier molecular flexibility index (Phi) is 6.71. The number of carboxylic acids is 1. The molecular formula is C20H19NO6. The summed E-state index contributed by atoms with van der Waals surface area (Å²) < 4.78 is 10.1. The van der Waals surface area contributed by atoms with E-state index in [4.69, 9.17) is 4.74 Å². The van der Waals surface area contributed by atoms with Crippen LogP contribution >= 0.6 is 0 Å². The topological polar surface area (TPSA) is 102 Å². The highest BCUT2D eigenvalue weighted by Crippen LogP contribution is 2.17. The average molecular weight is 369 g/mol. The first-order valence-corrected chi connectivity index (χ1v) is 8.01. The van der Waals surface area contributed by atoms with Crippen molar-refractivity contribution in [2.75, 3.05) is 19.0 Å². The summed E-state index contributed by atoms with van der Waals surface area (Å²) in [5, 5.41) is 12.0. The Morgan fingerprint density at radius 2 is 1.67 bits per heavy atom. The molecule has 0 saturated carbocycles. The molecule has 2 N–H and O–H groups in total. The molecule has 7 nitrogen and oxygen atoms in total. The second kappa shape index (κ2) is 9.19. The molecule has 0 aliphatic rings. The maximum Gasteiger partial charge on any atom is 0.337 e. The number of esters is 1. The van der Waals surface area contributed by atoms with Crippen LogP contribution in [0.4, 0.5) is 5.69 Å². The molecule has 0 atom stereocenters. The molecule has 0 aromatic heterocycles. The first kappa shape index (κ1) is 19.7. The zero-order chi connectivity index (χ0) is 19.8. The molecular weight excluding hydrogens is 350 g/mol.